The summed E-state index contributed by atoms with van der Waals surface area (Å²) in [6, 6.07) is 9.38. The Labute approximate surface area is 228 Å². The summed E-state index contributed by atoms with van der Waals surface area (Å²) in [5, 5.41) is 10.5. The molecule has 9 nitrogen and oxygen atoms in total. The molecule has 0 aliphatic carbocycles. The second-order valence-corrected chi connectivity index (χ2v) is 10.4. The number of aliphatic carboxylic acids is 1. The minimum atomic E-state index is -0.851. The normalized spacial score (nSPS) is 20.5. The number of nitrogens with zero attached hydrogens (tertiary/aromatic N) is 4. The number of hydrogen-bond donors (Lipinski definition) is 1. The van der Waals surface area contributed by atoms with Crippen LogP contribution in [-0.4, -0.2) is 64.1 Å². The molecule has 1 unspecified atom stereocenters. The molecule has 2 aliphatic rings. The lowest BCUT2D eigenvalue weighted by atomic mass is 9.83. The molecule has 0 spiro atoms. The number of carboxylic acids is 1. The van der Waals surface area contributed by atoms with Crippen molar-refractivity contribution < 1.29 is 23.8 Å². The molecule has 3 aromatic rings. The van der Waals surface area contributed by atoms with Gasteiger partial charge in [-0.3, -0.25) is 19.5 Å². The molecule has 0 bridgehead atoms. The number of amides is 1. The van der Waals surface area contributed by atoms with Crippen LogP contribution in [0.15, 0.2) is 53.3 Å². The van der Waals surface area contributed by atoms with Crippen molar-refractivity contribution in [3.63, 3.8) is 0 Å². The van der Waals surface area contributed by atoms with E-state index >= 15 is 0 Å². The van der Waals surface area contributed by atoms with Gasteiger partial charge in [0.2, 0.25) is 5.91 Å². The van der Waals surface area contributed by atoms with Crippen LogP contribution in [0.5, 0.6) is 5.75 Å². The number of oxazole rings is 1. The fourth-order valence-corrected chi connectivity index (χ4v) is 5.90. The number of pyridine rings is 1. The molecule has 1 saturated heterocycles. The van der Waals surface area contributed by atoms with Gasteiger partial charge in [0.25, 0.3) is 0 Å². The number of aromatic nitrogens is 2. The number of carbonyl (C=O) groups is 2. The summed E-state index contributed by atoms with van der Waals surface area (Å²) >= 11 is 0. The quantitative estimate of drug-likeness (QED) is 0.391. The van der Waals surface area contributed by atoms with Crippen LogP contribution in [0.1, 0.15) is 54.9 Å². The van der Waals surface area contributed by atoms with Gasteiger partial charge in [0.15, 0.2) is 5.89 Å². The van der Waals surface area contributed by atoms with Gasteiger partial charge in [-0.1, -0.05) is 25.5 Å². The van der Waals surface area contributed by atoms with E-state index in [-0.39, 0.29) is 24.4 Å². The van der Waals surface area contributed by atoms with Crippen molar-refractivity contribution in [1.82, 2.24) is 14.9 Å². The zero-order valence-electron chi connectivity index (χ0n) is 22.6. The third kappa shape index (κ3) is 5.98. The van der Waals surface area contributed by atoms with Crippen molar-refractivity contribution in [2.24, 2.45) is 5.92 Å². The number of likely N-dealkylation sites (tertiary alicyclic amines) is 1. The Kier molecular flexibility index (Phi) is 8.26. The number of ether oxygens (including phenoxy) is 1. The number of anilines is 1. The van der Waals surface area contributed by atoms with Gasteiger partial charge < -0.3 is 19.2 Å². The van der Waals surface area contributed by atoms with E-state index < -0.39 is 11.9 Å². The second-order valence-electron chi connectivity index (χ2n) is 10.4. The average Bonchev–Trinajstić information content (AvgIpc) is 3.66. The first-order chi connectivity index (χ1) is 18.9. The van der Waals surface area contributed by atoms with E-state index in [4.69, 9.17) is 9.15 Å². The van der Waals surface area contributed by atoms with Crippen LogP contribution in [0.2, 0.25) is 0 Å². The van der Waals surface area contributed by atoms with Gasteiger partial charge in [0.05, 0.1) is 37.2 Å². The van der Waals surface area contributed by atoms with Crippen molar-refractivity contribution in [2.75, 3.05) is 31.1 Å². The molecule has 206 valence electrons. The number of unbranched alkanes of at least 4 members (excludes halogenated alkanes) is 1. The number of aryl methyl sites for hydroxylation is 2. The maximum Gasteiger partial charge on any atom is 0.308 e. The first-order valence-electron chi connectivity index (χ1n) is 13.8. The molecule has 3 atom stereocenters. The van der Waals surface area contributed by atoms with E-state index in [0.29, 0.717) is 38.4 Å². The summed E-state index contributed by atoms with van der Waals surface area (Å²) < 4.78 is 11.4. The highest BCUT2D eigenvalue weighted by Crippen LogP contribution is 2.41. The Balaban J connectivity index is 1.43. The Morgan fingerprint density at radius 3 is 2.82 bits per heavy atom. The third-order valence-electron chi connectivity index (χ3n) is 7.83. The van der Waals surface area contributed by atoms with Gasteiger partial charge >= 0.3 is 5.97 Å². The molecule has 2 aromatic heterocycles. The number of rotatable bonds is 11. The highest BCUT2D eigenvalue weighted by Gasteiger charge is 2.47. The largest absolute Gasteiger partial charge is 0.493 e. The predicted molar refractivity (Wildman–Crippen MR) is 146 cm³/mol. The van der Waals surface area contributed by atoms with E-state index in [1.165, 1.54) is 0 Å². The number of hydrogen-bond acceptors (Lipinski definition) is 7. The maximum atomic E-state index is 13.8. The molecular weight excluding hydrogens is 496 g/mol. The van der Waals surface area contributed by atoms with Gasteiger partial charge in [0.1, 0.15) is 11.5 Å². The van der Waals surface area contributed by atoms with Crippen LogP contribution in [-0.2, 0) is 22.4 Å². The lowest BCUT2D eigenvalue weighted by molar-refractivity contribution is -0.143. The zero-order chi connectivity index (χ0) is 27.4. The van der Waals surface area contributed by atoms with E-state index in [1.54, 1.807) is 23.5 Å². The molecule has 1 fully saturated rings. The van der Waals surface area contributed by atoms with E-state index in [1.807, 2.05) is 31.2 Å². The lowest BCUT2D eigenvalue weighted by Gasteiger charge is -2.29. The topological polar surface area (TPSA) is 109 Å². The molecule has 5 rings (SSSR count). The molecule has 4 heterocycles. The molecule has 39 heavy (non-hydrogen) atoms. The van der Waals surface area contributed by atoms with E-state index in [0.717, 1.165) is 47.6 Å². The van der Waals surface area contributed by atoms with Crippen molar-refractivity contribution in [3.8, 4) is 5.75 Å². The van der Waals surface area contributed by atoms with Gasteiger partial charge in [-0.25, -0.2) is 4.98 Å². The maximum absolute atomic E-state index is 13.8. The number of fused-ring (bicyclic) bond motifs is 1. The van der Waals surface area contributed by atoms with Crippen molar-refractivity contribution in [3.05, 3.63) is 71.7 Å². The summed E-state index contributed by atoms with van der Waals surface area (Å²) in [5.74, 6) is 0.350. The molecule has 0 radical (unpaired) electrons. The van der Waals surface area contributed by atoms with Crippen molar-refractivity contribution >= 4 is 17.6 Å². The highest BCUT2D eigenvalue weighted by atomic mass is 16.5. The van der Waals surface area contributed by atoms with Crippen LogP contribution >= 0.6 is 0 Å². The zero-order valence-corrected chi connectivity index (χ0v) is 22.6. The minimum Gasteiger partial charge on any atom is -0.493 e. The Morgan fingerprint density at radius 2 is 2.10 bits per heavy atom. The molecule has 2 aliphatic heterocycles. The first-order valence-corrected chi connectivity index (χ1v) is 13.8. The van der Waals surface area contributed by atoms with Gasteiger partial charge in [-0.15, -0.1) is 0 Å². The molecular formula is C30H36N4O5. The minimum absolute atomic E-state index is 0.0550. The number of carboxylic acid groups (broad SMARTS) is 1. The summed E-state index contributed by atoms with van der Waals surface area (Å²) in [5.41, 5.74) is 2.85. The number of benzene rings is 1. The van der Waals surface area contributed by atoms with Crippen molar-refractivity contribution in [2.45, 2.75) is 57.9 Å². The summed E-state index contributed by atoms with van der Waals surface area (Å²) in [6.45, 7) is 5.78. The molecule has 1 N–H and O–H groups in total. The van der Waals surface area contributed by atoms with Gasteiger partial charge in [-0.05, 0) is 49.1 Å². The second kappa shape index (κ2) is 12.0. The van der Waals surface area contributed by atoms with Crippen molar-refractivity contribution in [1.29, 1.82) is 0 Å². The third-order valence-corrected chi connectivity index (χ3v) is 7.83. The van der Waals surface area contributed by atoms with Crippen LogP contribution in [0.3, 0.4) is 0 Å². The Morgan fingerprint density at radius 1 is 1.23 bits per heavy atom. The predicted octanol–water partition coefficient (Wildman–Crippen LogP) is 4.25. The summed E-state index contributed by atoms with van der Waals surface area (Å²) in [7, 11) is 0. The Hall–Kier alpha value is -3.72. The number of carbonyl (C=O) groups excluding carboxylic acids is 1. The van der Waals surface area contributed by atoms with Gasteiger partial charge in [0, 0.05) is 44.1 Å². The molecule has 1 amide bonds. The van der Waals surface area contributed by atoms with Crippen LogP contribution in [0.25, 0.3) is 0 Å². The summed E-state index contributed by atoms with van der Waals surface area (Å²) in [4.78, 5) is 38.9. The SMILES string of the molecule is CCCCN(C(=O)CN1C[C@H](c2ccc3c(c2)CCO3)C(C(=O)O)[C@@H]1CCc1ncc(C)o1)c1cccnc1. The molecule has 1 aromatic carbocycles. The standard InChI is InChI=1S/C30H36N4O5/c1-3-4-13-34(23-6-5-12-31-17-23)28(35)19-33-18-24(21-7-9-26-22(15-21)11-14-38-26)29(30(36)37)25(33)8-10-27-32-16-20(2)39-27/h5-7,9,12,15-17,24-25,29H,3-4,8,10-11,13-14,18-19H2,1-2H3,(H,36,37)/t24-,25+,29?/m1/s1. The van der Waals surface area contributed by atoms with E-state index in [9.17, 15) is 14.7 Å². The van der Waals surface area contributed by atoms with Crippen LogP contribution in [0.4, 0.5) is 5.69 Å². The van der Waals surface area contributed by atoms with Crippen LogP contribution in [0, 0.1) is 12.8 Å². The smallest absolute Gasteiger partial charge is 0.308 e. The summed E-state index contributed by atoms with van der Waals surface area (Å²) in [6.07, 6.45) is 8.74. The molecule has 0 saturated carbocycles. The molecule has 9 heteroatoms. The lowest BCUT2D eigenvalue weighted by Crippen LogP contribution is -2.44. The Bertz CT molecular complexity index is 1290. The highest BCUT2D eigenvalue weighted by molar-refractivity contribution is 5.94. The fraction of sp³-hybridized carbons (Fsp3) is 0.467. The fourth-order valence-electron chi connectivity index (χ4n) is 5.90. The van der Waals surface area contributed by atoms with E-state index in [2.05, 4.69) is 27.9 Å². The first kappa shape index (κ1) is 26.9. The van der Waals surface area contributed by atoms with Gasteiger partial charge in [-0.2, -0.15) is 0 Å². The average molecular weight is 533 g/mol. The monoisotopic (exact) mass is 532 g/mol. The van der Waals surface area contributed by atoms with Crippen LogP contribution < -0.4 is 9.64 Å².